The number of aryl methyl sites for hydroxylation is 1. The van der Waals surface area contributed by atoms with Crippen molar-refractivity contribution in [1.82, 2.24) is 15.5 Å². The van der Waals surface area contributed by atoms with Crippen LogP contribution in [0, 0.1) is 0 Å². The highest BCUT2D eigenvalue weighted by Gasteiger charge is 2.28. The van der Waals surface area contributed by atoms with E-state index in [2.05, 4.69) is 20.8 Å². The van der Waals surface area contributed by atoms with E-state index in [-0.39, 0.29) is 18.0 Å². The fourth-order valence-corrected chi connectivity index (χ4v) is 2.95. The Hall–Kier alpha value is -2.90. The van der Waals surface area contributed by atoms with E-state index >= 15 is 0 Å². The number of rotatable bonds is 6. The van der Waals surface area contributed by atoms with Crippen LogP contribution in [0.3, 0.4) is 0 Å². The average molecular weight is 357 g/mol. The van der Waals surface area contributed by atoms with Crippen molar-refractivity contribution in [2.24, 2.45) is 0 Å². The summed E-state index contributed by atoms with van der Waals surface area (Å²) in [7, 11) is 0. The van der Waals surface area contributed by atoms with Crippen molar-refractivity contribution in [3.05, 3.63) is 36.0 Å². The lowest BCUT2D eigenvalue weighted by molar-refractivity contribution is -0.117. The Morgan fingerprint density at radius 3 is 2.96 bits per heavy atom. The van der Waals surface area contributed by atoms with Crippen LogP contribution in [-0.2, 0) is 17.6 Å². The summed E-state index contributed by atoms with van der Waals surface area (Å²) in [6.45, 7) is 4.36. The van der Waals surface area contributed by atoms with Crippen molar-refractivity contribution in [1.29, 1.82) is 0 Å². The van der Waals surface area contributed by atoms with Gasteiger partial charge in [-0.05, 0) is 31.5 Å². The molecule has 1 aromatic heterocycles. The number of anilines is 2. The molecule has 0 spiro atoms. The second-order valence-electron chi connectivity index (χ2n) is 6.29. The van der Waals surface area contributed by atoms with Crippen molar-refractivity contribution < 1.29 is 14.1 Å². The number of nitrogens with zero attached hydrogens (tertiary/aromatic N) is 3. The summed E-state index contributed by atoms with van der Waals surface area (Å²) in [6, 6.07) is 7.16. The van der Waals surface area contributed by atoms with Gasteiger partial charge in [0.15, 0.2) is 5.82 Å². The molecule has 2 N–H and O–H groups in total. The highest BCUT2D eigenvalue weighted by Crippen LogP contribution is 2.28. The molecular weight excluding hydrogens is 334 g/mol. The zero-order valence-electron chi connectivity index (χ0n) is 15.0. The molecule has 0 radical (unpaired) electrons. The maximum Gasteiger partial charge on any atom is 0.319 e. The molecule has 3 amide bonds. The number of hydrogen-bond donors (Lipinski definition) is 2. The SMILES string of the molecule is CCc1noc(CCNC(=O)Nc2cccc(N3C(=O)CC[C@@H]3C)c2)n1. The van der Waals surface area contributed by atoms with Gasteiger partial charge < -0.3 is 20.1 Å². The first-order valence-corrected chi connectivity index (χ1v) is 8.85. The van der Waals surface area contributed by atoms with Gasteiger partial charge in [-0.1, -0.05) is 18.1 Å². The number of carbonyl (C=O) groups excluding carboxylic acids is 2. The van der Waals surface area contributed by atoms with Crippen LogP contribution >= 0.6 is 0 Å². The first kappa shape index (κ1) is 17.9. The van der Waals surface area contributed by atoms with E-state index in [4.69, 9.17) is 4.52 Å². The maximum atomic E-state index is 12.1. The van der Waals surface area contributed by atoms with E-state index in [1.165, 1.54) is 0 Å². The lowest BCUT2D eigenvalue weighted by atomic mass is 10.2. The molecule has 1 saturated heterocycles. The lowest BCUT2D eigenvalue weighted by Crippen LogP contribution is -2.32. The van der Waals surface area contributed by atoms with Crippen LogP contribution in [0.2, 0.25) is 0 Å². The highest BCUT2D eigenvalue weighted by molar-refractivity contribution is 5.97. The van der Waals surface area contributed by atoms with Crippen LogP contribution in [0.4, 0.5) is 16.2 Å². The monoisotopic (exact) mass is 357 g/mol. The van der Waals surface area contributed by atoms with Crippen LogP contribution in [0.15, 0.2) is 28.8 Å². The van der Waals surface area contributed by atoms with Crippen molar-refractivity contribution in [2.75, 3.05) is 16.8 Å². The molecule has 1 atom stereocenters. The minimum Gasteiger partial charge on any atom is -0.339 e. The normalized spacial score (nSPS) is 16.8. The number of amides is 3. The lowest BCUT2D eigenvalue weighted by Gasteiger charge is -2.22. The van der Waals surface area contributed by atoms with Gasteiger partial charge in [-0.2, -0.15) is 4.98 Å². The molecule has 0 saturated carbocycles. The van der Waals surface area contributed by atoms with Gasteiger partial charge in [0, 0.05) is 43.2 Å². The summed E-state index contributed by atoms with van der Waals surface area (Å²) < 4.78 is 5.08. The van der Waals surface area contributed by atoms with Crippen molar-refractivity contribution in [3.8, 4) is 0 Å². The van der Waals surface area contributed by atoms with E-state index in [1.807, 2.05) is 32.0 Å². The van der Waals surface area contributed by atoms with E-state index in [1.54, 1.807) is 11.0 Å². The Kier molecular flexibility index (Phi) is 5.50. The smallest absolute Gasteiger partial charge is 0.319 e. The number of carbonyl (C=O) groups is 2. The summed E-state index contributed by atoms with van der Waals surface area (Å²) in [5, 5.41) is 9.35. The second-order valence-corrected chi connectivity index (χ2v) is 6.29. The zero-order chi connectivity index (χ0) is 18.5. The molecule has 0 aliphatic carbocycles. The van der Waals surface area contributed by atoms with Gasteiger partial charge in [-0.25, -0.2) is 4.79 Å². The molecule has 0 unspecified atom stereocenters. The van der Waals surface area contributed by atoms with Gasteiger partial charge in [0.2, 0.25) is 11.8 Å². The molecule has 26 heavy (non-hydrogen) atoms. The summed E-state index contributed by atoms with van der Waals surface area (Å²) in [6.07, 6.45) is 2.60. The number of benzene rings is 1. The van der Waals surface area contributed by atoms with Crippen LogP contribution in [0.5, 0.6) is 0 Å². The van der Waals surface area contributed by atoms with Gasteiger partial charge in [0.25, 0.3) is 0 Å². The largest absolute Gasteiger partial charge is 0.339 e. The standard InChI is InChI=1S/C18H23N5O3/c1-3-15-21-16(26-22-15)9-10-19-18(25)20-13-5-4-6-14(11-13)23-12(2)7-8-17(23)24/h4-6,11-12H,3,7-10H2,1-2H3,(H2,19,20,25)/t12-/m0/s1. The first-order chi connectivity index (χ1) is 12.6. The summed E-state index contributed by atoms with van der Waals surface area (Å²) in [5.74, 6) is 1.28. The van der Waals surface area contributed by atoms with Gasteiger partial charge in [-0.3, -0.25) is 4.79 Å². The van der Waals surface area contributed by atoms with Gasteiger partial charge in [0.05, 0.1) is 0 Å². The fourth-order valence-electron chi connectivity index (χ4n) is 2.95. The molecule has 0 bridgehead atoms. The minimum absolute atomic E-state index is 0.116. The van der Waals surface area contributed by atoms with E-state index in [0.717, 1.165) is 12.1 Å². The fraction of sp³-hybridized carbons (Fsp3) is 0.444. The third-order valence-corrected chi connectivity index (χ3v) is 4.32. The third kappa shape index (κ3) is 4.19. The van der Waals surface area contributed by atoms with Gasteiger partial charge in [0.1, 0.15) is 0 Å². The Balaban J connectivity index is 1.52. The van der Waals surface area contributed by atoms with Crippen LogP contribution < -0.4 is 15.5 Å². The predicted octanol–water partition coefficient (Wildman–Crippen LogP) is 2.51. The molecule has 1 aromatic carbocycles. The molecule has 1 aliphatic heterocycles. The molecule has 1 fully saturated rings. The number of urea groups is 1. The average Bonchev–Trinajstić information content (AvgIpc) is 3.21. The van der Waals surface area contributed by atoms with Gasteiger partial charge in [-0.15, -0.1) is 0 Å². The van der Waals surface area contributed by atoms with Crippen molar-refractivity contribution >= 4 is 23.3 Å². The van der Waals surface area contributed by atoms with Crippen LogP contribution in [0.1, 0.15) is 38.4 Å². The predicted molar refractivity (Wildman–Crippen MR) is 97.0 cm³/mol. The first-order valence-electron chi connectivity index (χ1n) is 8.85. The molecule has 8 heteroatoms. The number of nitrogens with one attached hydrogen (secondary N) is 2. The Morgan fingerprint density at radius 1 is 1.42 bits per heavy atom. The third-order valence-electron chi connectivity index (χ3n) is 4.32. The molecule has 2 aromatic rings. The van der Waals surface area contributed by atoms with Crippen LogP contribution in [-0.4, -0.2) is 34.7 Å². The maximum absolute atomic E-state index is 12.1. The molecule has 1 aliphatic rings. The summed E-state index contributed by atoms with van der Waals surface area (Å²) >= 11 is 0. The molecule has 8 nitrogen and oxygen atoms in total. The van der Waals surface area contributed by atoms with Crippen molar-refractivity contribution in [2.45, 2.75) is 45.6 Å². The molecular formula is C18H23N5O3. The summed E-state index contributed by atoms with van der Waals surface area (Å²) in [5.41, 5.74) is 1.44. The van der Waals surface area contributed by atoms with Gasteiger partial charge >= 0.3 is 6.03 Å². The zero-order valence-corrected chi connectivity index (χ0v) is 15.0. The number of hydrogen-bond acceptors (Lipinski definition) is 5. The van der Waals surface area contributed by atoms with E-state index in [9.17, 15) is 9.59 Å². The highest BCUT2D eigenvalue weighted by atomic mass is 16.5. The minimum atomic E-state index is -0.321. The molecule has 3 rings (SSSR count). The topological polar surface area (TPSA) is 100 Å². The quantitative estimate of drug-likeness (QED) is 0.827. The Labute approximate surface area is 151 Å². The van der Waals surface area contributed by atoms with E-state index < -0.39 is 0 Å². The Morgan fingerprint density at radius 2 is 2.27 bits per heavy atom. The molecule has 138 valence electrons. The summed E-state index contributed by atoms with van der Waals surface area (Å²) in [4.78, 5) is 30.1. The van der Waals surface area contributed by atoms with E-state index in [0.29, 0.717) is 43.2 Å². The molecule has 2 heterocycles. The van der Waals surface area contributed by atoms with Crippen molar-refractivity contribution in [3.63, 3.8) is 0 Å². The number of aromatic nitrogens is 2. The van der Waals surface area contributed by atoms with Crippen LogP contribution in [0.25, 0.3) is 0 Å². The Bertz CT molecular complexity index is 789. The second kappa shape index (κ2) is 7.99.